The van der Waals surface area contributed by atoms with Gasteiger partial charge in [-0.25, -0.2) is 0 Å². The van der Waals surface area contributed by atoms with E-state index in [1.54, 1.807) is 0 Å². The molecule has 37 heavy (non-hydrogen) atoms. The second-order valence-electron chi connectivity index (χ2n) is 9.97. The third-order valence-electron chi connectivity index (χ3n) is 7.93. The van der Waals surface area contributed by atoms with Gasteiger partial charge in [-0.3, -0.25) is 14.8 Å². The van der Waals surface area contributed by atoms with E-state index in [-0.39, 0.29) is 5.97 Å². The van der Waals surface area contributed by atoms with Crippen LogP contribution in [0.3, 0.4) is 0 Å². The number of esters is 1. The van der Waals surface area contributed by atoms with Crippen LogP contribution < -0.4 is 0 Å². The summed E-state index contributed by atoms with van der Waals surface area (Å²) in [7, 11) is 1.46. The molecule has 2 aliphatic heterocycles. The maximum absolute atomic E-state index is 13.4. The Morgan fingerprint density at radius 1 is 0.811 bits per heavy atom. The van der Waals surface area contributed by atoms with Gasteiger partial charge in [-0.1, -0.05) is 13.8 Å². The molecule has 2 aliphatic rings. The first-order chi connectivity index (χ1) is 17.6. The molecule has 0 amide bonds. The molecule has 6 nitrogen and oxygen atoms in total. The Hall–Kier alpha value is -3.67. The standard InChI is InChI=1S/C31H38N4O2/c1-10-22-20(7)26(12-24-18(5)16(3)14-32-24)34-29(22)28(31(36)37-9)30-23(11-2)21(8)27(35-30)13-25-19(6)17(4)15-33-25/h12-15,28,34-35H,10-11H2,1-9H3/b24-12-,25-13-. The number of rotatable bonds is 7. The van der Waals surface area contributed by atoms with Gasteiger partial charge in [-0.2, -0.15) is 0 Å². The lowest BCUT2D eigenvalue weighted by molar-refractivity contribution is -0.141. The van der Waals surface area contributed by atoms with Gasteiger partial charge in [0, 0.05) is 35.2 Å². The fourth-order valence-electron chi connectivity index (χ4n) is 5.24. The lowest BCUT2D eigenvalue weighted by Crippen LogP contribution is -2.19. The maximum atomic E-state index is 13.4. The normalized spacial score (nSPS) is 17.6. The van der Waals surface area contributed by atoms with E-state index in [2.05, 4.69) is 87.5 Å². The molecule has 6 heteroatoms. The highest BCUT2D eigenvalue weighted by atomic mass is 16.5. The van der Waals surface area contributed by atoms with Crippen molar-refractivity contribution in [3.8, 4) is 0 Å². The van der Waals surface area contributed by atoms with Crippen LogP contribution in [0.15, 0.2) is 43.7 Å². The van der Waals surface area contributed by atoms with Gasteiger partial charge in [-0.05, 0) is 111 Å². The topological polar surface area (TPSA) is 82.6 Å². The Bertz CT molecular complexity index is 1350. The first-order valence-electron chi connectivity index (χ1n) is 13.0. The number of hydrogen-bond donors (Lipinski definition) is 2. The minimum absolute atomic E-state index is 0.290. The summed E-state index contributed by atoms with van der Waals surface area (Å²) in [6.07, 6.45) is 9.55. The SMILES string of the molecule is CCc1c(C(C(=O)OC)c2[nH]c(/C=C3\N=CC(C)=C3C)c(C)c2CC)[nH]c(/C=C2\N=CC(C)=C2C)c1C. The molecule has 0 fully saturated rings. The predicted octanol–water partition coefficient (Wildman–Crippen LogP) is 6.91. The number of ether oxygens (including phenoxy) is 1. The fourth-order valence-corrected chi connectivity index (χ4v) is 5.24. The Kier molecular flexibility index (Phi) is 7.39. The van der Waals surface area contributed by atoms with E-state index in [9.17, 15) is 4.79 Å². The second-order valence-corrected chi connectivity index (χ2v) is 9.97. The molecule has 0 atom stereocenters. The zero-order valence-electron chi connectivity index (χ0n) is 23.5. The van der Waals surface area contributed by atoms with E-state index < -0.39 is 5.92 Å². The van der Waals surface area contributed by atoms with E-state index >= 15 is 0 Å². The zero-order valence-corrected chi connectivity index (χ0v) is 23.5. The van der Waals surface area contributed by atoms with Crippen molar-refractivity contribution in [2.75, 3.05) is 7.11 Å². The average Bonchev–Trinajstić information content (AvgIpc) is 3.57. The van der Waals surface area contributed by atoms with E-state index in [0.29, 0.717) is 0 Å². The van der Waals surface area contributed by atoms with Crippen molar-refractivity contribution in [3.05, 3.63) is 78.7 Å². The van der Waals surface area contributed by atoms with Gasteiger partial charge in [0.1, 0.15) is 5.92 Å². The number of allylic oxidation sites excluding steroid dienone is 4. The first kappa shape index (κ1) is 26.4. The van der Waals surface area contributed by atoms with Crippen molar-refractivity contribution in [3.63, 3.8) is 0 Å². The molecule has 0 aromatic carbocycles. The van der Waals surface area contributed by atoms with Gasteiger partial charge in [0.15, 0.2) is 0 Å². The van der Waals surface area contributed by atoms with Gasteiger partial charge in [0.05, 0.1) is 18.5 Å². The monoisotopic (exact) mass is 498 g/mol. The molecule has 2 N–H and O–H groups in total. The van der Waals surface area contributed by atoms with Crippen LogP contribution in [0.1, 0.15) is 92.5 Å². The summed E-state index contributed by atoms with van der Waals surface area (Å²) in [5, 5.41) is 0. The van der Waals surface area contributed by atoms with E-state index in [4.69, 9.17) is 4.74 Å². The minimum Gasteiger partial charge on any atom is -0.468 e. The molecular weight excluding hydrogens is 460 g/mol. The third-order valence-corrected chi connectivity index (χ3v) is 7.93. The number of methoxy groups -OCH3 is 1. The van der Waals surface area contributed by atoms with Crippen molar-refractivity contribution in [2.24, 2.45) is 9.98 Å². The number of aliphatic imine (C=N–C) groups is 2. The number of nitrogens with one attached hydrogen (secondary N) is 2. The number of aromatic amines is 2. The van der Waals surface area contributed by atoms with Gasteiger partial charge in [0.25, 0.3) is 0 Å². The number of nitrogens with zero attached hydrogens (tertiary/aromatic N) is 2. The van der Waals surface area contributed by atoms with Crippen molar-refractivity contribution in [1.82, 2.24) is 9.97 Å². The Balaban J connectivity index is 1.89. The van der Waals surface area contributed by atoms with Crippen LogP contribution in [-0.4, -0.2) is 35.5 Å². The summed E-state index contributed by atoms with van der Waals surface area (Å²) in [5.74, 6) is -0.885. The lowest BCUT2D eigenvalue weighted by Gasteiger charge is -2.17. The Labute approximate surface area is 220 Å². The molecule has 0 aliphatic carbocycles. The Morgan fingerprint density at radius 2 is 1.22 bits per heavy atom. The smallest absolute Gasteiger partial charge is 0.320 e. The van der Waals surface area contributed by atoms with Crippen LogP contribution in [0.4, 0.5) is 0 Å². The van der Waals surface area contributed by atoms with E-state index in [1.165, 1.54) is 29.4 Å². The van der Waals surface area contributed by atoms with Crippen LogP contribution in [0.25, 0.3) is 12.2 Å². The molecule has 0 spiro atoms. The van der Waals surface area contributed by atoms with Crippen molar-refractivity contribution in [2.45, 2.75) is 74.1 Å². The molecule has 0 saturated carbocycles. The average molecular weight is 499 g/mol. The predicted molar refractivity (Wildman–Crippen MR) is 153 cm³/mol. The summed E-state index contributed by atoms with van der Waals surface area (Å²) >= 11 is 0. The highest BCUT2D eigenvalue weighted by Gasteiger charge is 2.33. The molecule has 2 aromatic rings. The van der Waals surface area contributed by atoms with Crippen LogP contribution in [0, 0.1) is 13.8 Å². The first-order valence-corrected chi connectivity index (χ1v) is 13.0. The van der Waals surface area contributed by atoms with Gasteiger partial charge >= 0.3 is 5.97 Å². The summed E-state index contributed by atoms with van der Waals surface area (Å²) in [5.41, 5.74) is 14.8. The van der Waals surface area contributed by atoms with Crippen molar-refractivity contribution in [1.29, 1.82) is 0 Å². The summed E-state index contributed by atoms with van der Waals surface area (Å²) in [6, 6.07) is 0. The van der Waals surface area contributed by atoms with Crippen molar-refractivity contribution < 1.29 is 9.53 Å². The van der Waals surface area contributed by atoms with Crippen LogP contribution in [0.2, 0.25) is 0 Å². The largest absolute Gasteiger partial charge is 0.468 e. The molecule has 0 unspecified atom stereocenters. The van der Waals surface area contributed by atoms with Gasteiger partial charge in [-0.15, -0.1) is 0 Å². The number of hydrogen-bond acceptors (Lipinski definition) is 4. The molecule has 0 bridgehead atoms. The molecule has 2 aromatic heterocycles. The van der Waals surface area contributed by atoms with E-state index in [0.717, 1.165) is 69.3 Å². The van der Waals surface area contributed by atoms with Gasteiger partial charge in [0.2, 0.25) is 0 Å². The van der Waals surface area contributed by atoms with Gasteiger partial charge < -0.3 is 14.7 Å². The number of H-pyrrole nitrogens is 2. The fraction of sp³-hybridized carbons (Fsp3) is 0.387. The Morgan fingerprint density at radius 3 is 1.51 bits per heavy atom. The molecule has 4 rings (SSSR count). The number of aromatic nitrogens is 2. The van der Waals surface area contributed by atoms with Crippen molar-refractivity contribution >= 4 is 30.6 Å². The van der Waals surface area contributed by atoms with Crippen LogP contribution in [-0.2, 0) is 22.4 Å². The summed E-state index contributed by atoms with van der Waals surface area (Å²) in [4.78, 5) is 29.8. The lowest BCUT2D eigenvalue weighted by atomic mass is 9.91. The quantitative estimate of drug-likeness (QED) is 0.407. The van der Waals surface area contributed by atoms with E-state index in [1.807, 2.05) is 12.4 Å². The summed E-state index contributed by atoms with van der Waals surface area (Å²) < 4.78 is 5.38. The molecule has 0 saturated heterocycles. The highest BCUT2D eigenvalue weighted by Crippen LogP contribution is 2.37. The van der Waals surface area contributed by atoms with Crippen LogP contribution in [0.5, 0.6) is 0 Å². The highest BCUT2D eigenvalue weighted by molar-refractivity contribution is 5.88. The molecule has 4 heterocycles. The second kappa shape index (κ2) is 10.4. The number of carbonyl (C=O) groups excluding carboxylic acids is 1. The third kappa shape index (κ3) is 4.61. The molecule has 194 valence electrons. The number of carbonyl (C=O) groups is 1. The van der Waals surface area contributed by atoms with Crippen LogP contribution >= 0.6 is 0 Å². The zero-order chi connectivity index (χ0) is 27.0. The minimum atomic E-state index is -0.595. The maximum Gasteiger partial charge on any atom is 0.320 e. The molecule has 0 radical (unpaired) electrons. The molecular formula is C31H38N4O2. The summed E-state index contributed by atoms with van der Waals surface area (Å²) in [6.45, 7) is 16.8.